The van der Waals surface area contributed by atoms with Crippen molar-refractivity contribution in [3.05, 3.63) is 29.8 Å². The van der Waals surface area contributed by atoms with Crippen molar-refractivity contribution < 1.29 is 29.3 Å². The van der Waals surface area contributed by atoms with Crippen molar-refractivity contribution >= 4 is 11.9 Å². The Hall–Kier alpha value is -2.16. The van der Waals surface area contributed by atoms with Crippen LogP contribution in [-0.2, 0) is 20.9 Å². The number of hydrogen-bond acceptors (Lipinski definition) is 6. The zero-order valence-corrected chi connectivity index (χ0v) is 13.5. The van der Waals surface area contributed by atoms with Crippen LogP contribution in [0.15, 0.2) is 24.3 Å². The number of likely N-dealkylation sites (tertiary alicyclic amines) is 1. The summed E-state index contributed by atoms with van der Waals surface area (Å²) < 4.78 is 9.84. The standard InChI is InChI=1S/C16H22N2O6/c1-23-9-15(20)17-13-7-18(8-14(13)19)6-11-2-4-12(5-3-11)24-10-16(21)22/h2-5,13-14,19H,6-10H2,1H3,(H,17,20)(H,21,22)/t13-,14-/m1/s1. The average molecular weight is 338 g/mol. The summed E-state index contributed by atoms with van der Waals surface area (Å²) in [6.07, 6.45) is -0.621. The Labute approximate surface area is 140 Å². The fourth-order valence-electron chi connectivity index (χ4n) is 2.61. The van der Waals surface area contributed by atoms with Gasteiger partial charge in [0, 0.05) is 26.7 Å². The molecule has 1 heterocycles. The first-order valence-electron chi connectivity index (χ1n) is 7.60. The molecule has 24 heavy (non-hydrogen) atoms. The molecular weight excluding hydrogens is 316 g/mol. The summed E-state index contributed by atoms with van der Waals surface area (Å²) in [5, 5.41) is 21.4. The molecular formula is C16H22N2O6. The maximum Gasteiger partial charge on any atom is 0.341 e. The number of nitrogens with zero attached hydrogens (tertiary/aromatic N) is 1. The van der Waals surface area contributed by atoms with Gasteiger partial charge in [-0.3, -0.25) is 9.69 Å². The summed E-state index contributed by atoms with van der Waals surface area (Å²) in [6.45, 7) is 1.23. The van der Waals surface area contributed by atoms with Gasteiger partial charge in [0.25, 0.3) is 0 Å². The molecule has 1 amide bonds. The monoisotopic (exact) mass is 338 g/mol. The van der Waals surface area contributed by atoms with E-state index in [0.717, 1.165) is 5.56 Å². The molecule has 2 atom stereocenters. The van der Waals surface area contributed by atoms with Crippen LogP contribution in [0.4, 0.5) is 0 Å². The molecule has 3 N–H and O–H groups in total. The van der Waals surface area contributed by atoms with E-state index in [2.05, 4.69) is 5.32 Å². The third-order valence-corrected chi connectivity index (χ3v) is 3.68. The average Bonchev–Trinajstić information content (AvgIpc) is 2.86. The maximum absolute atomic E-state index is 11.5. The van der Waals surface area contributed by atoms with Gasteiger partial charge in [0.2, 0.25) is 5.91 Å². The highest BCUT2D eigenvalue weighted by molar-refractivity contribution is 5.77. The van der Waals surface area contributed by atoms with Crippen LogP contribution < -0.4 is 10.1 Å². The van der Waals surface area contributed by atoms with Crippen LogP contribution in [0.1, 0.15) is 5.56 Å². The Morgan fingerprint density at radius 2 is 1.96 bits per heavy atom. The summed E-state index contributed by atoms with van der Waals surface area (Å²) in [5.41, 5.74) is 1.01. The van der Waals surface area contributed by atoms with Crippen LogP contribution in [0.25, 0.3) is 0 Å². The number of amides is 1. The second-order valence-corrected chi connectivity index (χ2v) is 5.69. The normalized spacial score (nSPS) is 20.8. The number of β-amino-alcohol motifs (C(OH)–C–C–N with tert-alkyl or cyclic N) is 1. The van der Waals surface area contributed by atoms with Crippen LogP contribution in [0.5, 0.6) is 5.75 Å². The van der Waals surface area contributed by atoms with Gasteiger partial charge in [-0.05, 0) is 17.7 Å². The van der Waals surface area contributed by atoms with Crippen LogP contribution >= 0.6 is 0 Å². The molecule has 1 aliphatic rings. The first-order chi connectivity index (χ1) is 11.5. The smallest absolute Gasteiger partial charge is 0.341 e. The predicted molar refractivity (Wildman–Crippen MR) is 84.7 cm³/mol. The largest absolute Gasteiger partial charge is 0.482 e. The number of nitrogens with one attached hydrogen (secondary N) is 1. The van der Waals surface area contributed by atoms with Crippen molar-refractivity contribution in [2.75, 3.05) is 33.4 Å². The van der Waals surface area contributed by atoms with E-state index >= 15 is 0 Å². The molecule has 1 aliphatic heterocycles. The highest BCUT2D eigenvalue weighted by Crippen LogP contribution is 2.17. The quantitative estimate of drug-likeness (QED) is 0.584. The van der Waals surface area contributed by atoms with E-state index in [9.17, 15) is 14.7 Å². The van der Waals surface area contributed by atoms with Gasteiger partial charge in [-0.25, -0.2) is 4.79 Å². The molecule has 0 bridgehead atoms. The van der Waals surface area contributed by atoms with E-state index in [1.54, 1.807) is 12.1 Å². The van der Waals surface area contributed by atoms with Crippen molar-refractivity contribution in [1.29, 1.82) is 0 Å². The van der Waals surface area contributed by atoms with E-state index in [1.807, 2.05) is 17.0 Å². The minimum Gasteiger partial charge on any atom is -0.482 e. The third-order valence-electron chi connectivity index (χ3n) is 3.68. The Kier molecular flexibility index (Phi) is 6.53. The Morgan fingerprint density at radius 1 is 1.25 bits per heavy atom. The molecule has 2 rings (SSSR count). The number of rotatable bonds is 8. The summed E-state index contributed by atoms with van der Waals surface area (Å²) in [5.74, 6) is -0.776. The second kappa shape index (κ2) is 8.62. The molecule has 0 radical (unpaired) electrons. The van der Waals surface area contributed by atoms with Gasteiger partial charge in [0.15, 0.2) is 6.61 Å². The number of carbonyl (C=O) groups is 2. The highest BCUT2D eigenvalue weighted by atomic mass is 16.5. The van der Waals surface area contributed by atoms with Gasteiger partial charge < -0.3 is 25.0 Å². The molecule has 1 aromatic carbocycles. The zero-order chi connectivity index (χ0) is 17.5. The summed E-state index contributed by atoms with van der Waals surface area (Å²) in [7, 11) is 1.45. The van der Waals surface area contributed by atoms with E-state index < -0.39 is 12.1 Å². The Bertz CT molecular complexity index is 562. The number of aliphatic carboxylic acids is 1. The number of carbonyl (C=O) groups excluding carboxylic acids is 1. The van der Waals surface area contributed by atoms with Gasteiger partial charge >= 0.3 is 5.97 Å². The fourth-order valence-corrected chi connectivity index (χ4v) is 2.61. The number of aliphatic hydroxyl groups is 1. The molecule has 0 spiro atoms. The Morgan fingerprint density at radius 3 is 2.58 bits per heavy atom. The van der Waals surface area contributed by atoms with Crippen molar-refractivity contribution in [3.63, 3.8) is 0 Å². The number of ether oxygens (including phenoxy) is 2. The van der Waals surface area contributed by atoms with Gasteiger partial charge in [0.05, 0.1) is 12.1 Å². The highest BCUT2D eigenvalue weighted by Gasteiger charge is 2.32. The van der Waals surface area contributed by atoms with Crippen molar-refractivity contribution in [2.45, 2.75) is 18.7 Å². The molecule has 1 fully saturated rings. The predicted octanol–water partition coefficient (Wildman–Crippen LogP) is -0.542. The molecule has 8 heteroatoms. The Balaban J connectivity index is 1.83. The summed E-state index contributed by atoms with van der Waals surface area (Å²) >= 11 is 0. The number of hydrogen-bond donors (Lipinski definition) is 3. The number of methoxy groups -OCH3 is 1. The second-order valence-electron chi connectivity index (χ2n) is 5.69. The first-order valence-corrected chi connectivity index (χ1v) is 7.60. The lowest BCUT2D eigenvalue weighted by Gasteiger charge is -2.16. The number of benzene rings is 1. The van der Waals surface area contributed by atoms with Crippen LogP contribution in [-0.4, -0.2) is 72.5 Å². The van der Waals surface area contributed by atoms with Gasteiger partial charge in [-0.2, -0.15) is 0 Å². The third kappa shape index (κ3) is 5.48. The number of carboxylic acid groups (broad SMARTS) is 1. The van der Waals surface area contributed by atoms with E-state index in [4.69, 9.17) is 14.6 Å². The van der Waals surface area contributed by atoms with Crippen LogP contribution in [0.2, 0.25) is 0 Å². The van der Waals surface area contributed by atoms with Crippen LogP contribution in [0.3, 0.4) is 0 Å². The van der Waals surface area contributed by atoms with Gasteiger partial charge in [-0.1, -0.05) is 12.1 Å². The van der Waals surface area contributed by atoms with E-state index in [1.165, 1.54) is 7.11 Å². The molecule has 0 aromatic heterocycles. The van der Waals surface area contributed by atoms with Crippen LogP contribution in [0, 0.1) is 0 Å². The lowest BCUT2D eigenvalue weighted by Crippen LogP contribution is -2.44. The van der Waals surface area contributed by atoms with E-state index in [-0.39, 0.29) is 25.2 Å². The molecule has 132 valence electrons. The molecule has 8 nitrogen and oxygen atoms in total. The number of aliphatic hydroxyl groups excluding tert-OH is 1. The first kappa shape index (κ1) is 18.2. The summed E-state index contributed by atoms with van der Waals surface area (Å²) in [6, 6.07) is 6.80. The van der Waals surface area contributed by atoms with Gasteiger partial charge in [0.1, 0.15) is 12.4 Å². The topological polar surface area (TPSA) is 108 Å². The SMILES string of the molecule is COCC(=O)N[C@@H]1CN(Cc2ccc(OCC(=O)O)cc2)C[C@H]1O. The fraction of sp³-hybridized carbons (Fsp3) is 0.500. The van der Waals surface area contributed by atoms with E-state index in [0.29, 0.717) is 25.4 Å². The zero-order valence-electron chi connectivity index (χ0n) is 13.5. The summed E-state index contributed by atoms with van der Waals surface area (Å²) in [4.78, 5) is 24.0. The molecule has 0 saturated carbocycles. The van der Waals surface area contributed by atoms with Crippen molar-refractivity contribution in [1.82, 2.24) is 10.2 Å². The van der Waals surface area contributed by atoms with Crippen molar-refractivity contribution in [3.8, 4) is 5.75 Å². The lowest BCUT2D eigenvalue weighted by atomic mass is 10.2. The number of carboxylic acids is 1. The van der Waals surface area contributed by atoms with Gasteiger partial charge in [-0.15, -0.1) is 0 Å². The molecule has 1 aromatic rings. The molecule has 0 aliphatic carbocycles. The minimum absolute atomic E-state index is 0.0268. The lowest BCUT2D eigenvalue weighted by molar-refractivity contribution is -0.139. The van der Waals surface area contributed by atoms with Crippen molar-refractivity contribution in [2.24, 2.45) is 0 Å². The minimum atomic E-state index is -1.02. The molecule has 1 saturated heterocycles. The maximum atomic E-state index is 11.5. The molecule has 0 unspecified atom stereocenters.